The van der Waals surface area contributed by atoms with E-state index in [-0.39, 0.29) is 0 Å². The molecule has 0 atom stereocenters. The van der Waals surface area contributed by atoms with Gasteiger partial charge in [0.05, 0.1) is 0 Å². The molecule has 0 bridgehead atoms. The zero-order chi connectivity index (χ0) is 20.6. The molecule has 146 valence electrons. The van der Waals surface area contributed by atoms with Gasteiger partial charge in [0.25, 0.3) is 0 Å². The lowest BCUT2D eigenvalue weighted by Gasteiger charge is -2.07. The normalized spacial score (nSPS) is 11.2. The van der Waals surface area contributed by atoms with E-state index in [1.807, 2.05) is 11.3 Å². The van der Waals surface area contributed by atoms with Crippen molar-refractivity contribution in [1.29, 1.82) is 0 Å². The highest BCUT2D eigenvalue weighted by Gasteiger charge is 2.13. The average Bonchev–Trinajstić information content (AvgIpc) is 3.24. The van der Waals surface area contributed by atoms with E-state index in [0.29, 0.717) is 0 Å². The molecule has 0 amide bonds. The van der Waals surface area contributed by atoms with E-state index >= 15 is 0 Å². The summed E-state index contributed by atoms with van der Waals surface area (Å²) >= 11 is 1.91. The monoisotopic (exact) mass is 412 g/mol. The van der Waals surface area contributed by atoms with Crippen molar-refractivity contribution in [3.63, 3.8) is 0 Å². The largest absolute Gasteiger partial charge is 0.134 e. The van der Waals surface area contributed by atoms with Gasteiger partial charge in [-0.1, -0.05) is 115 Å². The summed E-state index contributed by atoms with van der Waals surface area (Å²) in [5.41, 5.74) is 7.64. The summed E-state index contributed by atoms with van der Waals surface area (Å²) in [7, 11) is 0. The molecule has 0 saturated heterocycles. The molecular formula is C30H20S. The van der Waals surface area contributed by atoms with Crippen molar-refractivity contribution in [3.8, 4) is 33.4 Å². The van der Waals surface area contributed by atoms with Crippen LogP contribution in [-0.2, 0) is 0 Å². The Kier molecular flexibility index (Phi) is 4.40. The fourth-order valence-corrected chi connectivity index (χ4v) is 5.76. The summed E-state index contributed by atoms with van der Waals surface area (Å²) in [5, 5.41) is 2.67. The lowest BCUT2D eigenvalue weighted by atomic mass is 9.97. The molecular weight excluding hydrogens is 392 g/mol. The average molecular weight is 413 g/mol. The summed E-state index contributed by atoms with van der Waals surface area (Å²) in [6.07, 6.45) is 0. The Bertz CT molecular complexity index is 1510. The van der Waals surface area contributed by atoms with Crippen molar-refractivity contribution < 1.29 is 0 Å². The maximum absolute atomic E-state index is 2.31. The van der Waals surface area contributed by atoms with Crippen LogP contribution in [-0.4, -0.2) is 0 Å². The first-order chi connectivity index (χ1) is 15.4. The van der Waals surface area contributed by atoms with Gasteiger partial charge in [-0.2, -0.15) is 0 Å². The topological polar surface area (TPSA) is 0 Å². The molecule has 31 heavy (non-hydrogen) atoms. The van der Waals surface area contributed by atoms with E-state index < -0.39 is 0 Å². The van der Waals surface area contributed by atoms with E-state index in [4.69, 9.17) is 0 Å². The first-order valence-corrected chi connectivity index (χ1v) is 11.4. The van der Waals surface area contributed by atoms with Crippen LogP contribution in [0.4, 0.5) is 0 Å². The molecule has 1 aromatic heterocycles. The van der Waals surface area contributed by atoms with Crippen molar-refractivity contribution in [2.24, 2.45) is 0 Å². The molecule has 0 fully saturated rings. The van der Waals surface area contributed by atoms with E-state index in [2.05, 4.69) is 121 Å². The lowest BCUT2D eigenvalue weighted by molar-refractivity contribution is 1.61. The number of thiophene rings is 1. The molecule has 0 saturated carbocycles. The fraction of sp³-hybridized carbons (Fsp3) is 0. The first-order valence-electron chi connectivity index (χ1n) is 10.5. The summed E-state index contributed by atoms with van der Waals surface area (Å²) in [6, 6.07) is 43.6. The predicted molar refractivity (Wildman–Crippen MR) is 136 cm³/mol. The van der Waals surface area contributed by atoms with Crippen LogP contribution in [0.1, 0.15) is 0 Å². The van der Waals surface area contributed by atoms with Gasteiger partial charge < -0.3 is 0 Å². The van der Waals surface area contributed by atoms with Crippen molar-refractivity contribution in [2.75, 3.05) is 0 Å². The zero-order valence-corrected chi connectivity index (χ0v) is 17.8. The fourth-order valence-electron chi connectivity index (χ4n) is 4.39. The molecule has 6 rings (SSSR count). The van der Waals surface area contributed by atoms with Crippen molar-refractivity contribution in [1.82, 2.24) is 0 Å². The summed E-state index contributed by atoms with van der Waals surface area (Å²) < 4.78 is 2.71. The van der Waals surface area contributed by atoms with Crippen molar-refractivity contribution in [3.05, 3.63) is 121 Å². The van der Waals surface area contributed by atoms with Gasteiger partial charge in [0, 0.05) is 20.2 Å². The minimum absolute atomic E-state index is 1.25. The Labute approximate surface area is 186 Å². The maximum Gasteiger partial charge on any atom is 0.0434 e. The number of rotatable bonds is 3. The second-order valence-corrected chi connectivity index (χ2v) is 8.80. The van der Waals surface area contributed by atoms with Crippen molar-refractivity contribution >= 4 is 31.5 Å². The second kappa shape index (κ2) is 7.54. The van der Waals surface area contributed by atoms with Crippen molar-refractivity contribution in [2.45, 2.75) is 0 Å². The van der Waals surface area contributed by atoms with Crippen LogP contribution in [0.25, 0.3) is 53.6 Å². The third kappa shape index (κ3) is 3.15. The molecule has 0 aliphatic carbocycles. The van der Waals surface area contributed by atoms with Gasteiger partial charge >= 0.3 is 0 Å². The van der Waals surface area contributed by atoms with Crippen LogP contribution >= 0.6 is 11.3 Å². The zero-order valence-electron chi connectivity index (χ0n) is 17.0. The highest BCUT2D eigenvalue weighted by Crippen LogP contribution is 2.43. The molecule has 0 unspecified atom stereocenters. The molecule has 5 aromatic carbocycles. The SMILES string of the molecule is c1ccc(-c2cccc(-c3cccc4c3sc3c(-c5ccccc5)cccc34)c2)cc1. The van der Waals surface area contributed by atoms with E-state index in [0.717, 1.165) is 0 Å². The van der Waals surface area contributed by atoms with E-state index in [9.17, 15) is 0 Å². The van der Waals surface area contributed by atoms with E-state index in [1.54, 1.807) is 0 Å². The molecule has 0 N–H and O–H groups in total. The lowest BCUT2D eigenvalue weighted by Crippen LogP contribution is -1.81. The van der Waals surface area contributed by atoms with Crippen LogP contribution < -0.4 is 0 Å². The van der Waals surface area contributed by atoms with Gasteiger partial charge in [-0.05, 0) is 39.4 Å². The Hall–Kier alpha value is -3.68. The predicted octanol–water partition coefficient (Wildman–Crippen LogP) is 9.06. The number of hydrogen-bond donors (Lipinski definition) is 0. The number of benzene rings is 5. The quantitative estimate of drug-likeness (QED) is 0.272. The molecule has 0 aliphatic heterocycles. The summed E-state index contributed by atoms with van der Waals surface area (Å²) in [4.78, 5) is 0. The van der Waals surface area contributed by atoms with Gasteiger partial charge in [0.2, 0.25) is 0 Å². The molecule has 0 aliphatic rings. The summed E-state index contributed by atoms with van der Waals surface area (Å²) in [5.74, 6) is 0. The molecule has 0 radical (unpaired) electrons. The van der Waals surface area contributed by atoms with Gasteiger partial charge in [-0.25, -0.2) is 0 Å². The van der Waals surface area contributed by atoms with Gasteiger partial charge in [-0.15, -0.1) is 11.3 Å². The Morgan fingerprint density at radius 2 is 0.839 bits per heavy atom. The third-order valence-corrected chi connectivity index (χ3v) is 7.18. The molecule has 0 spiro atoms. The Balaban J connectivity index is 1.58. The smallest absolute Gasteiger partial charge is 0.0434 e. The first kappa shape index (κ1) is 18.1. The highest BCUT2D eigenvalue weighted by molar-refractivity contribution is 7.26. The highest BCUT2D eigenvalue weighted by atomic mass is 32.1. The van der Waals surface area contributed by atoms with Gasteiger partial charge in [0.15, 0.2) is 0 Å². The minimum atomic E-state index is 1.25. The van der Waals surface area contributed by atoms with Crippen LogP contribution in [0.3, 0.4) is 0 Å². The molecule has 0 nitrogen and oxygen atoms in total. The van der Waals surface area contributed by atoms with Gasteiger partial charge in [0.1, 0.15) is 0 Å². The number of fused-ring (bicyclic) bond motifs is 3. The van der Waals surface area contributed by atoms with Crippen LogP contribution in [0, 0.1) is 0 Å². The minimum Gasteiger partial charge on any atom is -0.134 e. The Morgan fingerprint density at radius 1 is 0.355 bits per heavy atom. The van der Waals surface area contributed by atoms with Crippen LogP contribution in [0.5, 0.6) is 0 Å². The third-order valence-electron chi connectivity index (χ3n) is 5.89. The molecule has 1 heterocycles. The standard InChI is InChI=1S/C30H20S/c1-3-10-21(11-4-1)23-14-7-15-24(20-23)26-17-9-19-28-27-18-8-16-25(29(27)31-30(26)28)22-12-5-2-6-13-22/h1-20H. The molecule has 6 aromatic rings. The number of hydrogen-bond acceptors (Lipinski definition) is 1. The van der Waals surface area contributed by atoms with Crippen LogP contribution in [0.2, 0.25) is 0 Å². The maximum atomic E-state index is 2.31. The van der Waals surface area contributed by atoms with Crippen LogP contribution in [0.15, 0.2) is 121 Å². The van der Waals surface area contributed by atoms with E-state index in [1.165, 1.54) is 53.6 Å². The second-order valence-electron chi connectivity index (χ2n) is 7.78. The molecule has 1 heteroatoms. The summed E-state index contributed by atoms with van der Waals surface area (Å²) in [6.45, 7) is 0. The Morgan fingerprint density at radius 3 is 1.48 bits per heavy atom. The van der Waals surface area contributed by atoms with Gasteiger partial charge in [-0.3, -0.25) is 0 Å².